The second-order valence-electron chi connectivity index (χ2n) is 6.21. The van der Waals surface area contributed by atoms with Crippen LogP contribution in [0.5, 0.6) is 5.75 Å². The second kappa shape index (κ2) is 7.16. The molecule has 0 bridgehead atoms. The van der Waals surface area contributed by atoms with Gasteiger partial charge in [-0.05, 0) is 19.4 Å². The number of carbonyl (C=O) groups excluding carboxylic acids is 1. The second-order valence-corrected chi connectivity index (χ2v) is 6.21. The number of piperidine rings is 1. The molecule has 140 valence electrons. The zero-order chi connectivity index (χ0) is 18.8. The predicted octanol–water partition coefficient (Wildman–Crippen LogP) is 1.23. The standard InChI is InChI=1S/C17H18FN7O2/c18-10-6-22-16-14(15(19)24-25(16)9-10)17(26)23-12-8-21-5-3-13(12)27-11-2-1-4-20-7-11/h3,5-6,8-9,11,20H,1-2,4,7H2,(H2,19,24)(H,23,26). The Morgan fingerprint density at radius 3 is 3.15 bits per heavy atom. The molecule has 4 N–H and O–H groups in total. The summed E-state index contributed by atoms with van der Waals surface area (Å²) >= 11 is 0. The Labute approximate surface area is 153 Å². The molecular formula is C17H18FN7O2. The van der Waals surface area contributed by atoms with Gasteiger partial charge < -0.3 is 21.1 Å². The number of nitrogens with one attached hydrogen (secondary N) is 2. The van der Waals surface area contributed by atoms with Crippen molar-refractivity contribution in [3.05, 3.63) is 42.2 Å². The van der Waals surface area contributed by atoms with Gasteiger partial charge in [-0.25, -0.2) is 13.9 Å². The average molecular weight is 371 g/mol. The van der Waals surface area contributed by atoms with Crippen LogP contribution < -0.4 is 21.1 Å². The molecule has 1 unspecified atom stereocenters. The molecule has 0 radical (unpaired) electrons. The number of nitrogen functional groups attached to an aromatic ring is 1. The number of pyridine rings is 1. The van der Waals surface area contributed by atoms with E-state index in [2.05, 4.69) is 25.7 Å². The Bertz CT molecular complexity index is 985. The first kappa shape index (κ1) is 17.2. The van der Waals surface area contributed by atoms with Crippen molar-refractivity contribution in [3.8, 4) is 5.75 Å². The zero-order valence-electron chi connectivity index (χ0n) is 14.4. The quantitative estimate of drug-likeness (QED) is 0.631. The molecule has 3 aromatic heterocycles. The molecule has 1 atom stereocenters. The van der Waals surface area contributed by atoms with Gasteiger partial charge in [0.2, 0.25) is 0 Å². The topological polar surface area (TPSA) is 119 Å². The van der Waals surface area contributed by atoms with E-state index in [1.54, 1.807) is 12.3 Å². The van der Waals surface area contributed by atoms with Crippen LogP contribution >= 0.6 is 0 Å². The SMILES string of the molecule is Nc1nn2cc(F)cnc2c1C(=O)Nc1cnccc1OC1CCCNC1. The number of aromatic nitrogens is 4. The Balaban J connectivity index is 1.59. The minimum atomic E-state index is -0.582. The number of rotatable bonds is 4. The van der Waals surface area contributed by atoms with E-state index < -0.39 is 11.7 Å². The highest BCUT2D eigenvalue weighted by atomic mass is 19.1. The van der Waals surface area contributed by atoms with Crippen molar-refractivity contribution in [2.24, 2.45) is 0 Å². The monoisotopic (exact) mass is 371 g/mol. The maximum atomic E-state index is 13.3. The Morgan fingerprint density at radius 2 is 2.33 bits per heavy atom. The molecule has 0 aromatic carbocycles. The third kappa shape index (κ3) is 3.51. The van der Waals surface area contributed by atoms with Crippen LogP contribution in [0.15, 0.2) is 30.9 Å². The number of nitrogens with two attached hydrogens (primary N) is 1. The van der Waals surface area contributed by atoms with Crippen LogP contribution in [-0.4, -0.2) is 44.7 Å². The van der Waals surface area contributed by atoms with Crippen molar-refractivity contribution in [3.63, 3.8) is 0 Å². The summed E-state index contributed by atoms with van der Waals surface area (Å²) in [6.07, 6.45) is 7.17. The lowest BCUT2D eigenvalue weighted by molar-refractivity contribution is 0.102. The van der Waals surface area contributed by atoms with E-state index in [-0.39, 0.29) is 23.1 Å². The van der Waals surface area contributed by atoms with Gasteiger partial charge in [-0.1, -0.05) is 0 Å². The van der Waals surface area contributed by atoms with Gasteiger partial charge in [-0.3, -0.25) is 9.78 Å². The van der Waals surface area contributed by atoms with E-state index in [0.29, 0.717) is 11.4 Å². The normalized spacial score (nSPS) is 17.0. The van der Waals surface area contributed by atoms with Crippen molar-refractivity contribution in [1.82, 2.24) is 24.9 Å². The van der Waals surface area contributed by atoms with Gasteiger partial charge in [-0.15, -0.1) is 5.10 Å². The summed E-state index contributed by atoms with van der Waals surface area (Å²) in [6.45, 7) is 1.72. The number of amides is 1. The van der Waals surface area contributed by atoms with Crippen LogP contribution in [0.2, 0.25) is 0 Å². The summed E-state index contributed by atoms with van der Waals surface area (Å²) in [6, 6.07) is 1.69. The number of halogens is 1. The Morgan fingerprint density at radius 1 is 1.44 bits per heavy atom. The van der Waals surface area contributed by atoms with Gasteiger partial charge in [0.25, 0.3) is 5.91 Å². The highest BCUT2D eigenvalue weighted by molar-refractivity contribution is 6.11. The van der Waals surface area contributed by atoms with Gasteiger partial charge in [0.05, 0.1) is 18.6 Å². The Hall–Kier alpha value is -3.27. The molecule has 1 fully saturated rings. The zero-order valence-corrected chi connectivity index (χ0v) is 14.4. The number of nitrogens with zero attached hydrogens (tertiary/aromatic N) is 4. The molecule has 27 heavy (non-hydrogen) atoms. The fourth-order valence-corrected chi connectivity index (χ4v) is 3.01. The summed E-state index contributed by atoms with van der Waals surface area (Å²) < 4.78 is 20.4. The first-order chi connectivity index (χ1) is 13.1. The van der Waals surface area contributed by atoms with Crippen molar-refractivity contribution < 1.29 is 13.9 Å². The van der Waals surface area contributed by atoms with Crippen LogP contribution in [0.4, 0.5) is 15.9 Å². The fraction of sp³-hybridized carbons (Fsp3) is 0.294. The minimum Gasteiger partial charge on any atom is -0.487 e. The fourth-order valence-electron chi connectivity index (χ4n) is 3.01. The summed E-state index contributed by atoms with van der Waals surface area (Å²) in [5.74, 6) is -0.642. The number of hydrogen-bond donors (Lipinski definition) is 3. The third-order valence-corrected chi connectivity index (χ3v) is 4.27. The van der Waals surface area contributed by atoms with E-state index in [1.807, 2.05) is 0 Å². The van der Waals surface area contributed by atoms with Gasteiger partial charge in [0, 0.05) is 18.8 Å². The molecule has 0 spiro atoms. The molecule has 1 aliphatic rings. The van der Waals surface area contributed by atoms with Gasteiger partial charge >= 0.3 is 0 Å². The molecule has 9 nitrogen and oxygen atoms in total. The van der Waals surface area contributed by atoms with Crippen molar-refractivity contribution in [1.29, 1.82) is 0 Å². The molecule has 0 aliphatic carbocycles. The molecule has 1 saturated heterocycles. The third-order valence-electron chi connectivity index (χ3n) is 4.27. The number of hydrogen-bond acceptors (Lipinski definition) is 7. The van der Waals surface area contributed by atoms with Crippen LogP contribution in [0.1, 0.15) is 23.2 Å². The first-order valence-corrected chi connectivity index (χ1v) is 8.54. The lowest BCUT2D eigenvalue weighted by Crippen LogP contribution is -2.37. The lowest BCUT2D eigenvalue weighted by atomic mass is 10.1. The van der Waals surface area contributed by atoms with Gasteiger partial charge in [0.1, 0.15) is 23.1 Å². The molecule has 4 rings (SSSR count). The first-order valence-electron chi connectivity index (χ1n) is 8.54. The number of fused-ring (bicyclic) bond motifs is 1. The molecule has 10 heteroatoms. The maximum Gasteiger partial charge on any atom is 0.263 e. The van der Waals surface area contributed by atoms with Gasteiger partial charge in [0.15, 0.2) is 17.3 Å². The van der Waals surface area contributed by atoms with E-state index >= 15 is 0 Å². The largest absolute Gasteiger partial charge is 0.487 e. The van der Waals surface area contributed by atoms with Crippen LogP contribution in [-0.2, 0) is 0 Å². The van der Waals surface area contributed by atoms with E-state index in [1.165, 1.54) is 6.20 Å². The predicted molar refractivity (Wildman–Crippen MR) is 96.1 cm³/mol. The van der Waals surface area contributed by atoms with Crippen LogP contribution in [0.25, 0.3) is 5.65 Å². The van der Waals surface area contributed by atoms with Crippen LogP contribution in [0.3, 0.4) is 0 Å². The van der Waals surface area contributed by atoms with Gasteiger partial charge in [-0.2, -0.15) is 0 Å². The summed E-state index contributed by atoms with van der Waals surface area (Å²) in [4.78, 5) is 20.7. The number of ether oxygens (including phenoxy) is 1. The highest BCUT2D eigenvalue weighted by Gasteiger charge is 2.22. The molecule has 1 aliphatic heterocycles. The summed E-state index contributed by atoms with van der Waals surface area (Å²) in [7, 11) is 0. The lowest BCUT2D eigenvalue weighted by Gasteiger charge is -2.24. The Kier molecular flexibility index (Phi) is 4.55. The molecule has 1 amide bonds. The molecular weight excluding hydrogens is 353 g/mol. The highest BCUT2D eigenvalue weighted by Crippen LogP contribution is 2.27. The summed E-state index contributed by atoms with van der Waals surface area (Å²) in [5, 5.41) is 9.94. The van der Waals surface area contributed by atoms with E-state index in [4.69, 9.17) is 10.5 Å². The summed E-state index contributed by atoms with van der Waals surface area (Å²) in [5.41, 5.74) is 6.47. The van der Waals surface area contributed by atoms with E-state index in [0.717, 1.165) is 42.8 Å². The maximum absolute atomic E-state index is 13.3. The molecule has 4 heterocycles. The number of carbonyl (C=O) groups is 1. The van der Waals surface area contributed by atoms with Crippen LogP contribution in [0, 0.1) is 5.82 Å². The molecule has 0 saturated carbocycles. The van der Waals surface area contributed by atoms with E-state index in [9.17, 15) is 9.18 Å². The van der Waals surface area contributed by atoms with Crippen molar-refractivity contribution in [2.45, 2.75) is 18.9 Å². The van der Waals surface area contributed by atoms with Crippen molar-refractivity contribution in [2.75, 3.05) is 24.1 Å². The van der Waals surface area contributed by atoms with Crippen molar-refractivity contribution >= 4 is 23.1 Å². The number of anilines is 2. The average Bonchev–Trinajstić information content (AvgIpc) is 2.99. The smallest absolute Gasteiger partial charge is 0.263 e. The molecule has 3 aromatic rings. The minimum absolute atomic E-state index is 0.0171.